The van der Waals surface area contributed by atoms with Crippen LogP contribution in [0.5, 0.6) is 5.75 Å². The van der Waals surface area contributed by atoms with Gasteiger partial charge in [0, 0.05) is 17.9 Å². The number of anilines is 2. The summed E-state index contributed by atoms with van der Waals surface area (Å²) in [5, 5.41) is 13.0. The van der Waals surface area contributed by atoms with Gasteiger partial charge in [-0.1, -0.05) is 12.1 Å². The number of halogens is 1. The van der Waals surface area contributed by atoms with Crippen LogP contribution in [0.15, 0.2) is 36.4 Å². The molecule has 0 saturated heterocycles. The topological polar surface area (TPSA) is 58.3 Å². The van der Waals surface area contributed by atoms with Crippen molar-refractivity contribution in [3.63, 3.8) is 0 Å². The lowest BCUT2D eigenvalue weighted by atomic mass is 10.1. The van der Waals surface area contributed by atoms with E-state index in [0.29, 0.717) is 5.75 Å². The molecule has 0 aliphatic rings. The summed E-state index contributed by atoms with van der Waals surface area (Å²) in [5.74, 6) is 0.381. The molecule has 2 aromatic carbocycles. The van der Waals surface area contributed by atoms with Crippen LogP contribution in [0.4, 0.5) is 11.4 Å². The molecule has 0 saturated carbocycles. The van der Waals surface area contributed by atoms with E-state index in [1.165, 1.54) is 0 Å². The number of phenolic OH excluding ortho intramolecular Hbond substituents is 1. The predicted molar refractivity (Wildman–Crippen MR) is 83.0 cm³/mol. The Labute approximate surface area is 119 Å². The predicted octanol–water partition coefficient (Wildman–Crippen LogP) is 3.63. The number of nitrogen functional groups attached to an aromatic ring is 1. The Morgan fingerprint density at radius 1 is 1.05 bits per heavy atom. The maximum absolute atomic E-state index is 9.71. The van der Waals surface area contributed by atoms with Gasteiger partial charge in [0.15, 0.2) is 0 Å². The first-order chi connectivity index (χ1) is 8.56. The van der Waals surface area contributed by atoms with Crippen LogP contribution in [0.2, 0.25) is 0 Å². The van der Waals surface area contributed by atoms with E-state index in [4.69, 9.17) is 5.73 Å². The van der Waals surface area contributed by atoms with E-state index in [9.17, 15) is 5.11 Å². The van der Waals surface area contributed by atoms with E-state index >= 15 is 0 Å². The van der Waals surface area contributed by atoms with Gasteiger partial charge < -0.3 is 16.2 Å². The molecular weight excluding hydrogens is 260 g/mol. The van der Waals surface area contributed by atoms with Crippen LogP contribution in [-0.2, 0) is 6.54 Å². The van der Waals surface area contributed by atoms with Crippen molar-refractivity contribution in [2.24, 2.45) is 0 Å². The number of aryl methyl sites for hydroxylation is 2. The van der Waals surface area contributed by atoms with E-state index < -0.39 is 0 Å². The summed E-state index contributed by atoms with van der Waals surface area (Å²) in [7, 11) is 0. The number of hydrogen-bond acceptors (Lipinski definition) is 3. The fourth-order valence-corrected chi connectivity index (χ4v) is 1.95. The molecule has 2 rings (SSSR count). The lowest BCUT2D eigenvalue weighted by Crippen LogP contribution is -2.00. The van der Waals surface area contributed by atoms with Crippen LogP contribution >= 0.6 is 12.4 Å². The first kappa shape index (κ1) is 15.2. The largest absolute Gasteiger partial charge is 0.507 e. The Morgan fingerprint density at radius 3 is 2.11 bits per heavy atom. The summed E-state index contributed by atoms with van der Waals surface area (Å²) in [6.07, 6.45) is 0. The molecule has 0 amide bonds. The minimum Gasteiger partial charge on any atom is -0.507 e. The quantitative estimate of drug-likeness (QED) is 0.752. The Balaban J connectivity index is 0.00000180. The zero-order valence-electron chi connectivity index (χ0n) is 11.1. The molecule has 0 radical (unpaired) electrons. The van der Waals surface area contributed by atoms with Gasteiger partial charge in [0.05, 0.1) is 0 Å². The number of nitrogens with two attached hydrogens (primary N) is 1. The van der Waals surface area contributed by atoms with E-state index in [1.807, 2.05) is 50.2 Å². The molecule has 0 fully saturated rings. The third-order valence-electron chi connectivity index (χ3n) is 2.96. The summed E-state index contributed by atoms with van der Waals surface area (Å²) < 4.78 is 0. The normalized spacial score (nSPS) is 9.79. The van der Waals surface area contributed by atoms with Crippen LogP contribution < -0.4 is 11.1 Å². The molecule has 0 aliphatic carbocycles. The van der Waals surface area contributed by atoms with Crippen LogP contribution in [0.1, 0.15) is 16.7 Å². The monoisotopic (exact) mass is 278 g/mol. The summed E-state index contributed by atoms with van der Waals surface area (Å²) in [5.41, 5.74) is 10.4. The fourth-order valence-electron chi connectivity index (χ4n) is 1.95. The smallest absolute Gasteiger partial charge is 0.121 e. The molecule has 0 aromatic heterocycles. The molecule has 0 spiro atoms. The van der Waals surface area contributed by atoms with Crippen molar-refractivity contribution in [3.05, 3.63) is 53.1 Å². The van der Waals surface area contributed by atoms with Crippen molar-refractivity contribution in [1.29, 1.82) is 0 Å². The molecule has 0 heterocycles. The maximum atomic E-state index is 9.71. The zero-order valence-corrected chi connectivity index (χ0v) is 11.9. The molecule has 19 heavy (non-hydrogen) atoms. The van der Waals surface area contributed by atoms with Crippen molar-refractivity contribution in [1.82, 2.24) is 0 Å². The molecule has 4 heteroatoms. The van der Waals surface area contributed by atoms with Crippen LogP contribution in [0.25, 0.3) is 0 Å². The van der Waals surface area contributed by atoms with Crippen molar-refractivity contribution < 1.29 is 5.11 Å². The number of aromatic hydroxyl groups is 1. The Hall–Kier alpha value is -1.87. The van der Waals surface area contributed by atoms with Gasteiger partial charge in [-0.15, -0.1) is 12.4 Å². The van der Waals surface area contributed by atoms with E-state index in [-0.39, 0.29) is 12.4 Å². The first-order valence-corrected chi connectivity index (χ1v) is 5.95. The SMILES string of the molecule is Cc1cc(CNc2ccc(N)cc2)cc(C)c1O.Cl. The van der Waals surface area contributed by atoms with Crippen LogP contribution in [0.3, 0.4) is 0 Å². The van der Waals surface area contributed by atoms with E-state index in [0.717, 1.165) is 34.6 Å². The molecular formula is C15H19ClN2O. The van der Waals surface area contributed by atoms with E-state index in [1.54, 1.807) is 0 Å². The second-order valence-electron chi connectivity index (χ2n) is 4.55. The van der Waals surface area contributed by atoms with Crippen molar-refractivity contribution in [2.45, 2.75) is 20.4 Å². The van der Waals surface area contributed by atoms with Crippen molar-refractivity contribution >= 4 is 23.8 Å². The number of benzene rings is 2. The van der Waals surface area contributed by atoms with Crippen molar-refractivity contribution in [2.75, 3.05) is 11.1 Å². The average Bonchev–Trinajstić information content (AvgIpc) is 2.35. The van der Waals surface area contributed by atoms with Crippen LogP contribution in [-0.4, -0.2) is 5.11 Å². The van der Waals surface area contributed by atoms with Gasteiger partial charge >= 0.3 is 0 Å². The summed E-state index contributed by atoms with van der Waals surface area (Å²) in [6, 6.07) is 11.6. The lowest BCUT2D eigenvalue weighted by molar-refractivity contribution is 0.466. The number of phenols is 1. The highest BCUT2D eigenvalue weighted by Gasteiger charge is 2.03. The molecule has 0 aliphatic heterocycles. The summed E-state index contributed by atoms with van der Waals surface area (Å²) >= 11 is 0. The minimum atomic E-state index is 0. The summed E-state index contributed by atoms with van der Waals surface area (Å²) in [4.78, 5) is 0. The Morgan fingerprint density at radius 2 is 1.58 bits per heavy atom. The maximum Gasteiger partial charge on any atom is 0.121 e. The zero-order chi connectivity index (χ0) is 13.1. The molecule has 0 atom stereocenters. The number of nitrogens with one attached hydrogen (secondary N) is 1. The van der Waals surface area contributed by atoms with Gasteiger partial charge in [0.1, 0.15) is 5.75 Å². The molecule has 102 valence electrons. The highest BCUT2D eigenvalue weighted by atomic mass is 35.5. The molecule has 3 nitrogen and oxygen atoms in total. The standard InChI is InChI=1S/C15H18N2O.ClH/c1-10-7-12(8-11(2)15(10)18)9-17-14-5-3-13(16)4-6-14;/h3-8,17-18H,9,16H2,1-2H3;1H. The highest BCUT2D eigenvalue weighted by Crippen LogP contribution is 2.23. The second kappa shape index (κ2) is 6.34. The highest BCUT2D eigenvalue weighted by molar-refractivity contribution is 5.85. The Bertz CT molecular complexity index is 530. The van der Waals surface area contributed by atoms with Crippen molar-refractivity contribution in [3.8, 4) is 5.75 Å². The van der Waals surface area contributed by atoms with Gasteiger partial charge in [-0.3, -0.25) is 0 Å². The van der Waals surface area contributed by atoms with Crippen LogP contribution in [0, 0.1) is 13.8 Å². The number of hydrogen-bond donors (Lipinski definition) is 3. The number of rotatable bonds is 3. The minimum absolute atomic E-state index is 0. The van der Waals surface area contributed by atoms with E-state index in [2.05, 4.69) is 5.32 Å². The fraction of sp³-hybridized carbons (Fsp3) is 0.200. The molecule has 0 unspecified atom stereocenters. The lowest BCUT2D eigenvalue weighted by Gasteiger charge is -2.10. The van der Waals surface area contributed by atoms with Gasteiger partial charge in [0.2, 0.25) is 0 Å². The average molecular weight is 279 g/mol. The third-order valence-corrected chi connectivity index (χ3v) is 2.96. The molecule has 0 bridgehead atoms. The van der Waals surface area contributed by atoms with Gasteiger partial charge in [-0.25, -0.2) is 0 Å². The second-order valence-corrected chi connectivity index (χ2v) is 4.55. The van der Waals surface area contributed by atoms with Gasteiger partial charge in [-0.2, -0.15) is 0 Å². The van der Waals surface area contributed by atoms with Gasteiger partial charge in [0.25, 0.3) is 0 Å². The first-order valence-electron chi connectivity index (χ1n) is 5.95. The molecule has 2 aromatic rings. The van der Waals surface area contributed by atoms with Gasteiger partial charge in [-0.05, 0) is 54.8 Å². The summed E-state index contributed by atoms with van der Waals surface area (Å²) in [6.45, 7) is 4.55. The third kappa shape index (κ3) is 3.80. The Kier molecular flexibility index (Phi) is 5.07. The molecule has 4 N–H and O–H groups in total.